The number of para-hydroxylation sites is 1. The first-order chi connectivity index (χ1) is 15.7. The third-order valence-corrected chi connectivity index (χ3v) is 4.93. The van der Waals surface area contributed by atoms with Crippen molar-refractivity contribution in [3.05, 3.63) is 65.2 Å². The van der Waals surface area contributed by atoms with Crippen LogP contribution in [0.5, 0.6) is 5.75 Å². The Kier molecular flexibility index (Phi) is 9.78. The number of hydrogen-bond donors (Lipinski definition) is 2. The number of benzene rings is 2. The number of halogens is 2. The minimum atomic E-state index is -0.941. The fourth-order valence-electron chi connectivity index (χ4n) is 3.05. The van der Waals surface area contributed by atoms with Crippen molar-refractivity contribution in [1.82, 2.24) is 15.5 Å². The first-order valence-corrected chi connectivity index (χ1v) is 10.7. The lowest BCUT2D eigenvalue weighted by Crippen LogP contribution is -2.31. The van der Waals surface area contributed by atoms with Crippen molar-refractivity contribution in [2.75, 3.05) is 27.2 Å². The summed E-state index contributed by atoms with van der Waals surface area (Å²) < 4.78 is 32.3. The number of nitrogens with zero attached hydrogens (tertiary/aromatic N) is 1. The van der Waals surface area contributed by atoms with Gasteiger partial charge in [0.25, 0.3) is 11.8 Å². The van der Waals surface area contributed by atoms with Crippen molar-refractivity contribution < 1.29 is 27.9 Å². The van der Waals surface area contributed by atoms with Crippen molar-refractivity contribution >= 4 is 17.7 Å². The lowest BCUT2D eigenvalue weighted by atomic mass is 10.0. The van der Waals surface area contributed by atoms with Gasteiger partial charge in [-0.25, -0.2) is 8.78 Å². The Balaban J connectivity index is 1.86. The summed E-state index contributed by atoms with van der Waals surface area (Å²) in [7, 11) is 3.29. The molecule has 7 nitrogen and oxygen atoms in total. The molecular formula is C24H29F2N3O4. The first-order valence-electron chi connectivity index (χ1n) is 10.7. The summed E-state index contributed by atoms with van der Waals surface area (Å²) in [4.78, 5) is 37.7. The molecule has 0 spiro atoms. The standard InChI is InChI=1S/C24H29F2N3O4/c1-4-20(18-8-5-6-9-21(18)33-15-23(31)29(2)3)28-22(30)10-7-13-27-24(32)17-12-11-16(25)14-19(17)26/h5-6,8-9,11-12,14,20H,4,7,10,13,15H2,1-3H3,(H,27,32)(H,28,30). The van der Waals surface area contributed by atoms with Crippen molar-refractivity contribution in [1.29, 1.82) is 0 Å². The average Bonchev–Trinajstić information content (AvgIpc) is 2.78. The summed E-state index contributed by atoms with van der Waals surface area (Å²) in [6.45, 7) is 1.97. The van der Waals surface area contributed by atoms with Crippen molar-refractivity contribution in [2.45, 2.75) is 32.2 Å². The Morgan fingerprint density at radius 3 is 2.48 bits per heavy atom. The molecule has 9 heteroatoms. The second-order valence-corrected chi connectivity index (χ2v) is 7.63. The molecular weight excluding hydrogens is 432 g/mol. The van der Waals surface area contributed by atoms with Crippen LogP contribution in [-0.4, -0.2) is 49.9 Å². The number of rotatable bonds is 11. The Bertz CT molecular complexity index is 982. The molecule has 0 radical (unpaired) electrons. The zero-order valence-electron chi connectivity index (χ0n) is 19.0. The number of nitrogens with one attached hydrogen (secondary N) is 2. The van der Waals surface area contributed by atoms with Crippen LogP contribution in [0.4, 0.5) is 8.78 Å². The summed E-state index contributed by atoms with van der Waals surface area (Å²) in [5.41, 5.74) is 0.510. The van der Waals surface area contributed by atoms with Gasteiger partial charge >= 0.3 is 0 Å². The van der Waals surface area contributed by atoms with E-state index in [4.69, 9.17) is 4.74 Å². The molecule has 1 atom stereocenters. The molecule has 0 saturated heterocycles. The van der Waals surface area contributed by atoms with Gasteiger partial charge in [0.1, 0.15) is 17.4 Å². The number of likely N-dealkylation sites (N-methyl/N-ethyl adjacent to an activating group) is 1. The van der Waals surface area contributed by atoms with Crippen LogP contribution in [0.15, 0.2) is 42.5 Å². The van der Waals surface area contributed by atoms with E-state index in [0.717, 1.165) is 17.7 Å². The molecule has 0 aliphatic carbocycles. The number of hydrogen-bond acceptors (Lipinski definition) is 4. The largest absolute Gasteiger partial charge is 0.483 e. The van der Waals surface area contributed by atoms with Crippen LogP contribution in [-0.2, 0) is 9.59 Å². The van der Waals surface area contributed by atoms with E-state index < -0.39 is 17.5 Å². The van der Waals surface area contributed by atoms with E-state index in [2.05, 4.69) is 10.6 Å². The molecule has 33 heavy (non-hydrogen) atoms. The highest BCUT2D eigenvalue weighted by atomic mass is 19.1. The second-order valence-electron chi connectivity index (χ2n) is 7.63. The monoisotopic (exact) mass is 461 g/mol. The molecule has 2 aromatic carbocycles. The number of amides is 3. The van der Waals surface area contributed by atoms with E-state index in [9.17, 15) is 23.2 Å². The van der Waals surface area contributed by atoms with Crippen LogP contribution in [0.1, 0.15) is 48.1 Å². The third kappa shape index (κ3) is 7.85. The van der Waals surface area contributed by atoms with Gasteiger partial charge < -0.3 is 20.3 Å². The molecule has 0 heterocycles. The van der Waals surface area contributed by atoms with E-state index in [1.807, 2.05) is 19.1 Å². The number of carbonyl (C=O) groups excluding carboxylic acids is 3. The molecule has 0 bridgehead atoms. The van der Waals surface area contributed by atoms with Crippen LogP contribution in [0, 0.1) is 11.6 Å². The van der Waals surface area contributed by atoms with Gasteiger partial charge in [0.2, 0.25) is 5.91 Å². The fraction of sp³-hybridized carbons (Fsp3) is 0.375. The van der Waals surface area contributed by atoms with Gasteiger partial charge in [-0.05, 0) is 31.0 Å². The van der Waals surface area contributed by atoms with Gasteiger partial charge in [-0.1, -0.05) is 25.1 Å². The van der Waals surface area contributed by atoms with E-state index in [-0.39, 0.29) is 43.0 Å². The summed E-state index contributed by atoms with van der Waals surface area (Å²) in [5, 5.41) is 5.46. The zero-order chi connectivity index (χ0) is 24.4. The molecule has 2 aromatic rings. The van der Waals surface area contributed by atoms with Crippen LogP contribution < -0.4 is 15.4 Å². The lowest BCUT2D eigenvalue weighted by Gasteiger charge is -2.21. The van der Waals surface area contributed by atoms with E-state index in [1.54, 1.807) is 26.2 Å². The highest BCUT2D eigenvalue weighted by molar-refractivity contribution is 5.94. The minimum Gasteiger partial charge on any atom is -0.483 e. The van der Waals surface area contributed by atoms with Gasteiger partial charge in [0.15, 0.2) is 6.61 Å². The average molecular weight is 462 g/mol. The van der Waals surface area contributed by atoms with Crippen LogP contribution in [0.2, 0.25) is 0 Å². The Morgan fingerprint density at radius 1 is 1.09 bits per heavy atom. The molecule has 0 aromatic heterocycles. The third-order valence-electron chi connectivity index (χ3n) is 4.93. The first kappa shape index (κ1) is 25.8. The van der Waals surface area contributed by atoms with Gasteiger partial charge in [0, 0.05) is 38.7 Å². The van der Waals surface area contributed by atoms with E-state index in [1.165, 1.54) is 4.90 Å². The predicted molar refractivity (Wildman–Crippen MR) is 120 cm³/mol. The molecule has 0 aliphatic heterocycles. The van der Waals surface area contributed by atoms with Crippen LogP contribution in [0.3, 0.4) is 0 Å². The summed E-state index contributed by atoms with van der Waals surface area (Å²) in [6.07, 6.45) is 1.09. The van der Waals surface area contributed by atoms with E-state index in [0.29, 0.717) is 24.7 Å². The van der Waals surface area contributed by atoms with Gasteiger partial charge in [-0.3, -0.25) is 14.4 Å². The maximum atomic E-state index is 13.7. The fourth-order valence-corrected chi connectivity index (χ4v) is 3.05. The quantitative estimate of drug-likeness (QED) is 0.503. The van der Waals surface area contributed by atoms with Crippen molar-refractivity contribution in [2.24, 2.45) is 0 Å². The Morgan fingerprint density at radius 2 is 1.82 bits per heavy atom. The predicted octanol–water partition coefficient (Wildman–Crippen LogP) is 3.21. The summed E-state index contributed by atoms with van der Waals surface area (Å²) in [6, 6.07) is 9.61. The van der Waals surface area contributed by atoms with Crippen molar-refractivity contribution in [3.8, 4) is 5.75 Å². The normalized spacial score (nSPS) is 11.4. The zero-order valence-corrected chi connectivity index (χ0v) is 19.0. The van der Waals surface area contributed by atoms with Gasteiger partial charge in [-0.15, -0.1) is 0 Å². The Hall–Kier alpha value is -3.49. The molecule has 2 N–H and O–H groups in total. The SMILES string of the molecule is CCC(NC(=O)CCCNC(=O)c1ccc(F)cc1F)c1ccccc1OCC(=O)N(C)C. The smallest absolute Gasteiger partial charge is 0.259 e. The molecule has 2 rings (SSSR count). The number of ether oxygens (including phenoxy) is 1. The lowest BCUT2D eigenvalue weighted by molar-refractivity contribution is -0.130. The minimum absolute atomic E-state index is 0.108. The molecule has 0 fully saturated rings. The maximum Gasteiger partial charge on any atom is 0.259 e. The Labute approximate surface area is 192 Å². The summed E-state index contributed by atoms with van der Waals surface area (Å²) in [5.74, 6) is -2.24. The second kappa shape index (κ2) is 12.5. The maximum absolute atomic E-state index is 13.7. The molecule has 178 valence electrons. The molecule has 0 saturated carbocycles. The topological polar surface area (TPSA) is 87.7 Å². The van der Waals surface area contributed by atoms with E-state index >= 15 is 0 Å². The highest BCUT2D eigenvalue weighted by Crippen LogP contribution is 2.27. The molecule has 1 unspecified atom stereocenters. The highest BCUT2D eigenvalue weighted by Gasteiger charge is 2.18. The molecule has 3 amide bonds. The number of carbonyl (C=O) groups is 3. The summed E-state index contributed by atoms with van der Waals surface area (Å²) >= 11 is 0. The van der Waals surface area contributed by atoms with Crippen molar-refractivity contribution in [3.63, 3.8) is 0 Å². The van der Waals surface area contributed by atoms with Crippen LogP contribution >= 0.6 is 0 Å². The van der Waals surface area contributed by atoms with Crippen LogP contribution in [0.25, 0.3) is 0 Å². The van der Waals surface area contributed by atoms with Gasteiger partial charge in [-0.2, -0.15) is 0 Å². The molecule has 0 aliphatic rings. The van der Waals surface area contributed by atoms with Gasteiger partial charge in [0.05, 0.1) is 11.6 Å².